The lowest BCUT2D eigenvalue weighted by molar-refractivity contribution is 0.254. The van der Waals surface area contributed by atoms with Crippen molar-refractivity contribution in [1.82, 2.24) is 10.3 Å². The van der Waals surface area contributed by atoms with Crippen LogP contribution in [0.2, 0.25) is 0 Å². The number of anilines is 1. The Bertz CT molecular complexity index is 555. The van der Waals surface area contributed by atoms with Gasteiger partial charge < -0.3 is 15.1 Å². The molecule has 0 spiro atoms. The molecule has 0 aliphatic rings. The molecule has 0 saturated heterocycles. The average Bonchev–Trinajstić information content (AvgIpc) is 2.57. The molecule has 0 radical (unpaired) electrons. The molecule has 0 bridgehead atoms. The fourth-order valence-electron chi connectivity index (χ4n) is 1.22. The Morgan fingerprint density at radius 2 is 2.27 bits per heavy atom. The van der Waals surface area contributed by atoms with Crippen molar-refractivity contribution in [3.05, 3.63) is 28.7 Å². The van der Waals surface area contributed by atoms with E-state index in [9.17, 15) is 9.59 Å². The summed E-state index contributed by atoms with van der Waals surface area (Å²) >= 11 is 0. The fourth-order valence-corrected chi connectivity index (χ4v) is 1.22. The van der Waals surface area contributed by atoms with Gasteiger partial charge in [0.1, 0.15) is 0 Å². The van der Waals surface area contributed by atoms with E-state index in [4.69, 9.17) is 4.42 Å². The number of rotatable bonds is 1. The third kappa shape index (κ3) is 1.83. The SMILES string of the molecule is CNC(=O)Nc1ccc2[nH]c(=O)oc2c1. The third-order valence-electron chi connectivity index (χ3n) is 1.91. The van der Waals surface area contributed by atoms with Crippen molar-refractivity contribution < 1.29 is 9.21 Å². The molecular weight excluding hydrogens is 198 g/mol. The van der Waals surface area contributed by atoms with Crippen LogP contribution in [-0.4, -0.2) is 18.1 Å². The number of amides is 2. The van der Waals surface area contributed by atoms with E-state index < -0.39 is 5.76 Å². The zero-order chi connectivity index (χ0) is 10.8. The summed E-state index contributed by atoms with van der Waals surface area (Å²) in [7, 11) is 1.52. The smallest absolute Gasteiger partial charge is 0.408 e. The van der Waals surface area contributed by atoms with Crippen molar-refractivity contribution in [2.75, 3.05) is 12.4 Å². The molecule has 1 heterocycles. The normalized spacial score (nSPS) is 10.2. The zero-order valence-electron chi connectivity index (χ0n) is 7.96. The van der Waals surface area contributed by atoms with Gasteiger partial charge in [-0.2, -0.15) is 0 Å². The number of aromatic amines is 1. The van der Waals surface area contributed by atoms with E-state index in [1.807, 2.05) is 0 Å². The highest BCUT2D eigenvalue weighted by Crippen LogP contribution is 2.15. The van der Waals surface area contributed by atoms with Gasteiger partial charge >= 0.3 is 11.8 Å². The summed E-state index contributed by atoms with van der Waals surface area (Å²) < 4.78 is 4.84. The van der Waals surface area contributed by atoms with Crippen LogP contribution in [0, 0.1) is 0 Å². The Morgan fingerprint density at radius 3 is 3.00 bits per heavy atom. The lowest BCUT2D eigenvalue weighted by Crippen LogP contribution is -2.24. The minimum absolute atomic E-state index is 0.327. The van der Waals surface area contributed by atoms with Gasteiger partial charge in [-0.15, -0.1) is 0 Å². The predicted molar refractivity (Wildman–Crippen MR) is 54.9 cm³/mol. The molecule has 0 saturated carbocycles. The second kappa shape index (κ2) is 3.49. The topological polar surface area (TPSA) is 87.1 Å². The standard InChI is InChI=1S/C9H9N3O3/c1-10-8(13)11-5-2-3-6-7(4-5)15-9(14)12-6/h2-4H,1H3,(H,12,14)(H2,10,11,13). The van der Waals surface area contributed by atoms with Crippen LogP contribution in [-0.2, 0) is 0 Å². The van der Waals surface area contributed by atoms with E-state index in [1.54, 1.807) is 18.2 Å². The number of urea groups is 1. The lowest BCUT2D eigenvalue weighted by atomic mass is 10.3. The number of hydrogen-bond acceptors (Lipinski definition) is 3. The first-order valence-electron chi connectivity index (χ1n) is 4.30. The number of nitrogens with one attached hydrogen (secondary N) is 3. The van der Waals surface area contributed by atoms with Gasteiger partial charge in [-0.05, 0) is 12.1 Å². The lowest BCUT2D eigenvalue weighted by Gasteiger charge is -2.02. The number of carbonyl (C=O) groups is 1. The maximum atomic E-state index is 11.0. The highest BCUT2D eigenvalue weighted by atomic mass is 16.4. The van der Waals surface area contributed by atoms with Crippen molar-refractivity contribution in [2.45, 2.75) is 0 Å². The molecule has 2 rings (SSSR count). The number of aromatic nitrogens is 1. The van der Waals surface area contributed by atoms with Crippen molar-refractivity contribution in [2.24, 2.45) is 0 Å². The minimum atomic E-state index is -0.512. The van der Waals surface area contributed by atoms with Crippen LogP contribution in [0.4, 0.5) is 10.5 Å². The molecule has 0 unspecified atom stereocenters. The summed E-state index contributed by atoms with van der Waals surface area (Å²) in [6.07, 6.45) is 0. The van der Waals surface area contributed by atoms with E-state index in [0.717, 1.165) is 0 Å². The number of hydrogen-bond donors (Lipinski definition) is 3. The van der Waals surface area contributed by atoms with Crippen molar-refractivity contribution in [3.8, 4) is 0 Å². The highest BCUT2D eigenvalue weighted by Gasteiger charge is 2.03. The maximum absolute atomic E-state index is 11.0. The number of H-pyrrole nitrogens is 1. The van der Waals surface area contributed by atoms with Gasteiger partial charge in [-0.3, -0.25) is 4.98 Å². The molecule has 3 N–H and O–H groups in total. The average molecular weight is 207 g/mol. The molecule has 6 nitrogen and oxygen atoms in total. The van der Waals surface area contributed by atoms with Crippen LogP contribution >= 0.6 is 0 Å². The van der Waals surface area contributed by atoms with E-state index >= 15 is 0 Å². The van der Waals surface area contributed by atoms with Gasteiger partial charge in [0.2, 0.25) is 0 Å². The van der Waals surface area contributed by atoms with Crippen LogP contribution < -0.4 is 16.4 Å². The number of oxazole rings is 1. The van der Waals surface area contributed by atoms with Gasteiger partial charge in [0.15, 0.2) is 5.58 Å². The van der Waals surface area contributed by atoms with Gasteiger partial charge in [-0.25, -0.2) is 9.59 Å². The molecule has 15 heavy (non-hydrogen) atoms. The second-order valence-electron chi connectivity index (χ2n) is 2.93. The van der Waals surface area contributed by atoms with E-state index in [1.165, 1.54) is 7.05 Å². The van der Waals surface area contributed by atoms with E-state index in [0.29, 0.717) is 16.8 Å². The molecule has 0 aliphatic carbocycles. The van der Waals surface area contributed by atoms with Crippen LogP contribution in [0.3, 0.4) is 0 Å². The highest BCUT2D eigenvalue weighted by molar-refractivity contribution is 5.91. The molecule has 78 valence electrons. The first-order chi connectivity index (χ1) is 7.19. The zero-order valence-corrected chi connectivity index (χ0v) is 7.96. The molecule has 2 amide bonds. The number of fused-ring (bicyclic) bond motifs is 1. The largest absolute Gasteiger partial charge is 0.417 e. The molecule has 1 aromatic carbocycles. The monoisotopic (exact) mass is 207 g/mol. The van der Waals surface area contributed by atoms with Gasteiger partial charge in [0.25, 0.3) is 0 Å². The second-order valence-corrected chi connectivity index (χ2v) is 2.93. The molecule has 0 fully saturated rings. The summed E-state index contributed by atoms with van der Waals surface area (Å²) in [5.74, 6) is -0.512. The summed E-state index contributed by atoms with van der Waals surface area (Å²) in [6.45, 7) is 0. The van der Waals surface area contributed by atoms with Crippen LogP contribution in [0.1, 0.15) is 0 Å². The Hall–Kier alpha value is -2.24. The summed E-state index contributed by atoms with van der Waals surface area (Å²) in [4.78, 5) is 24.4. The molecule has 6 heteroatoms. The molecule has 2 aromatic rings. The number of benzene rings is 1. The Kier molecular flexibility index (Phi) is 2.17. The summed E-state index contributed by atoms with van der Waals surface area (Å²) in [5.41, 5.74) is 1.57. The van der Waals surface area contributed by atoms with E-state index in [-0.39, 0.29) is 6.03 Å². The first-order valence-corrected chi connectivity index (χ1v) is 4.30. The maximum Gasteiger partial charge on any atom is 0.417 e. The molecule has 0 aliphatic heterocycles. The van der Waals surface area contributed by atoms with Crippen molar-refractivity contribution >= 4 is 22.8 Å². The van der Waals surface area contributed by atoms with Gasteiger partial charge in [0.05, 0.1) is 5.52 Å². The van der Waals surface area contributed by atoms with Gasteiger partial charge in [0, 0.05) is 18.8 Å². The van der Waals surface area contributed by atoms with Crippen molar-refractivity contribution in [3.63, 3.8) is 0 Å². The van der Waals surface area contributed by atoms with Crippen LogP contribution in [0.25, 0.3) is 11.1 Å². The van der Waals surface area contributed by atoms with Crippen molar-refractivity contribution in [1.29, 1.82) is 0 Å². The molecular formula is C9H9N3O3. The van der Waals surface area contributed by atoms with E-state index in [2.05, 4.69) is 15.6 Å². The minimum Gasteiger partial charge on any atom is -0.408 e. The number of carbonyl (C=O) groups excluding carboxylic acids is 1. The fraction of sp³-hybridized carbons (Fsp3) is 0.111. The Balaban J connectivity index is 2.38. The quantitative estimate of drug-likeness (QED) is 0.648. The van der Waals surface area contributed by atoms with Crippen LogP contribution in [0.5, 0.6) is 0 Å². The van der Waals surface area contributed by atoms with Gasteiger partial charge in [-0.1, -0.05) is 0 Å². The predicted octanol–water partition coefficient (Wildman–Crippen LogP) is 0.872. The summed E-state index contributed by atoms with van der Waals surface area (Å²) in [6, 6.07) is 4.57. The molecule has 0 atom stereocenters. The van der Waals surface area contributed by atoms with Crippen LogP contribution in [0.15, 0.2) is 27.4 Å². The third-order valence-corrected chi connectivity index (χ3v) is 1.91. The molecule has 1 aromatic heterocycles. The first kappa shape index (κ1) is 9.32. The summed E-state index contributed by atoms with van der Waals surface area (Å²) in [5, 5.41) is 4.98. The Labute approximate surface area is 84.3 Å². The Morgan fingerprint density at radius 1 is 1.47 bits per heavy atom.